The van der Waals surface area contributed by atoms with Gasteiger partial charge in [-0.05, 0) is 43.3 Å². The minimum absolute atomic E-state index is 0.0203. The van der Waals surface area contributed by atoms with Crippen LogP contribution in [-0.4, -0.2) is 28.3 Å². The summed E-state index contributed by atoms with van der Waals surface area (Å²) in [6.07, 6.45) is 2.03. The number of aromatic hydroxyl groups is 1. The van der Waals surface area contributed by atoms with Crippen LogP contribution in [0.1, 0.15) is 17.7 Å². The largest absolute Gasteiger partial charge is 0.493 e. The lowest BCUT2D eigenvalue weighted by Crippen LogP contribution is -2.22. The number of ether oxygens (including phenoxy) is 1. The Morgan fingerprint density at radius 1 is 1.50 bits per heavy atom. The van der Waals surface area contributed by atoms with Crippen LogP contribution in [0.5, 0.6) is 5.88 Å². The Kier molecular flexibility index (Phi) is 4.16. The third kappa shape index (κ3) is 2.67. The zero-order valence-electron chi connectivity index (χ0n) is 12.5. The minimum Gasteiger partial charge on any atom is -0.493 e. The molecule has 0 bridgehead atoms. The summed E-state index contributed by atoms with van der Waals surface area (Å²) in [6.45, 7) is 1.25. The van der Waals surface area contributed by atoms with Gasteiger partial charge in [-0.25, -0.2) is 4.99 Å². The number of carbonyl (C=O) groups excluding carboxylic acids is 1. The first-order valence-electron chi connectivity index (χ1n) is 7.52. The average molecular weight is 425 g/mol. The predicted molar refractivity (Wildman–Crippen MR) is 96.2 cm³/mol. The van der Waals surface area contributed by atoms with E-state index in [0.29, 0.717) is 31.5 Å². The third-order valence-electron chi connectivity index (χ3n) is 4.17. The summed E-state index contributed by atoms with van der Waals surface area (Å²) in [5, 5.41) is 12.0. The fourth-order valence-electron chi connectivity index (χ4n) is 3.02. The highest BCUT2D eigenvalue weighted by molar-refractivity contribution is 9.10. The lowest BCUT2D eigenvalue weighted by Gasteiger charge is -2.11. The molecule has 0 saturated carbocycles. The number of rotatable bonds is 3. The highest BCUT2D eigenvalue weighted by atomic mass is 79.9. The fraction of sp³-hybridized carbons (Fsp3) is 0.312. The lowest BCUT2D eigenvalue weighted by atomic mass is 10.1. The first-order chi connectivity index (χ1) is 11.5. The second-order valence-corrected chi connectivity index (χ2v) is 8.28. The normalized spacial score (nSPS) is 19.6. The topological polar surface area (TPSA) is 63.8 Å². The Bertz CT molecular complexity index is 1020. The van der Waals surface area contributed by atoms with Gasteiger partial charge >= 0.3 is 0 Å². The first-order valence-corrected chi connectivity index (χ1v) is 9.54. The van der Waals surface area contributed by atoms with Crippen LogP contribution >= 0.6 is 39.5 Å². The van der Waals surface area contributed by atoms with Crippen molar-refractivity contribution in [3.8, 4) is 5.88 Å². The monoisotopic (exact) mass is 424 g/mol. The Morgan fingerprint density at radius 2 is 2.33 bits per heavy atom. The number of hydrogen-bond donors (Lipinski definition) is 1. The molecule has 1 atom stereocenters. The molecule has 0 spiro atoms. The van der Waals surface area contributed by atoms with Gasteiger partial charge in [0.05, 0.1) is 23.6 Å². The van der Waals surface area contributed by atoms with Crippen molar-refractivity contribution < 1.29 is 14.6 Å². The molecule has 1 N–H and O–H groups in total. The molecule has 8 heteroatoms. The van der Waals surface area contributed by atoms with E-state index in [0.717, 1.165) is 23.9 Å². The molecule has 1 aromatic heterocycles. The van der Waals surface area contributed by atoms with Gasteiger partial charge in [-0.3, -0.25) is 9.36 Å². The van der Waals surface area contributed by atoms with Crippen LogP contribution in [0.15, 0.2) is 27.7 Å². The maximum atomic E-state index is 12.4. The average Bonchev–Trinajstić information content (AvgIpc) is 3.22. The molecular weight excluding hydrogens is 412 g/mol. The van der Waals surface area contributed by atoms with Crippen LogP contribution in [0.25, 0.3) is 5.57 Å². The fourth-order valence-corrected chi connectivity index (χ4v) is 4.74. The van der Waals surface area contributed by atoms with E-state index in [9.17, 15) is 9.90 Å². The van der Waals surface area contributed by atoms with E-state index in [1.54, 1.807) is 10.6 Å². The molecule has 2 aromatic rings. The van der Waals surface area contributed by atoms with Crippen molar-refractivity contribution >= 4 is 51.0 Å². The van der Waals surface area contributed by atoms with Crippen molar-refractivity contribution in [3.63, 3.8) is 0 Å². The quantitative estimate of drug-likeness (QED) is 0.767. The van der Waals surface area contributed by atoms with Crippen molar-refractivity contribution in [3.05, 3.63) is 42.1 Å². The van der Waals surface area contributed by atoms with E-state index < -0.39 is 0 Å². The molecule has 2 aliphatic rings. The first kappa shape index (κ1) is 16.1. The molecule has 0 aliphatic carbocycles. The third-order valence-corrected chi connectivity index (χ3v) is 6.12. The zero-order valence-corrected chi connectivity index (χ0v) is 15.7. The lowest BCUT2D eigenvalue weighted by molar-refractivity contribution is -0.112. The van der Waals surface area contributed by atoms with Gasteiger partial charge in [-0.1, -0.05) is 15.9 Å². The summed E-state index contributed by atoms with van der Waals surface area (Å²) in [5.41, 5.74) is 0.408. The van der Waals surface area contributed by atoms with Crippen molar-refractivity contribution in [1.29, 1.82) is 0 Å². The molecule has 4 rings (SSSR count). The van der Waals surface area contributed by atoms with Gasteiger partial charge in [0, 0.05) is 16.3 Å². The van der Waals surface area contributed by atoms with Crippen LogP contribution < -0.4 is 10.6 Å². The van der Waals surface area contributed by atoms with E-state index in [4.69, 9.17) is 17.0 Å². The molecule has 2 aliphatic heterocycles. The van der Waals surface area contributed by atoms with Crippen molar-refractivity contribution in [2.45, 2.75) is 25.5 Å². The minimum atomic E-state index is -0.348. The van der Waals surface area contributed by atoms with Gasteiger partial charge in [0.15, 0.2) is 3.95 Å². The highest BCUT2D eigenvalue weighted by Crippen LogP contribution is 2.33. The molecule has 124 valence electrons. The van der Waals surface area contributed by atoms with Crippen LogP contribution in [0.2, 0.25) is 0 Å². The van der Waals surface area contributed by atoms with Gasteiger partial charge in [0.25, 0.3) is 5.91 Å². The molecule has 1 amide bonds. The SMILES string of the molecule is O=C1N=c2ccc(Br)cc2=C1c1sc(=S)n(CC2CCCO2)c1O. The van der Waals surface area contributed by atoms with Gasteiger partial charge in [0.2, 0.25) is 5.88 Å². The predicted octanol–water partition coefficient (Wildman–Crippen LogP) is 2.28. The number of nitrogens with zero attached hydrogens (tertiary/aromatic N) is 2. The molecule has 1 aromatic carbocycles. The van der Waals surface area contributed by atoms with Gasteiger partial charge in [0.1, 0.15) is 4.88 Å². The summed E-state index contributed by atoms with van der Waals surface area (Å²) in [4.78, 5) is 16.9. The van der Waals surface area contributed by atoms with Crippen LogP contribution in [-0.2, 0) is 16.1 Å². The number of thiazole rings is 1. The summed E-state index contributed by atoms with van der Waals surface area (Å²) in [5.74, 6) is -0.328. The Labute approximate surface area is 155 Å². The number of amides is 1. The molecule has 0 radical (unpaired) electrons. The summed E-state index contributed by atoms with van der Waals surface area (Å²) >= 11 is 10.0. The van der Waals surface area contributed by atoms with Crippen LogP contribution in [0.4, 0.5) is 0 Å². The number of aromatic nitrogens is 1. The van der Waals surface area contributed by atoms with E-state index >= 15 is 0 Å². The molecule has 24 heavy (non-hydrogen) atoms. The molecular formula is C16H13BrN2O3S2. The Balaban J connectivity index is 1.86. The number of benzene rings is 1. The Hall–Kier alpha value is -1.35. The van der Waals surface area contributed by atoms with E-state index in [1.807, 2.05) is 12.1 Å². The van der Waals surface area contributed by atoms with Crippen molar-refractivity contribution in [2.24, 2.45) is 4.99 Å². The van der Waals surface area contributed by atoms with E-state index in [2.05, 4.69) is 20.9 Å². The molecule has 1 fully saturated rings. The van der Waals surface area contributed by atoms with E-state index in [-0.39, 0.29) is 17.9 Å². The summed E-state index contributed by atoms with van der Waals surface area (Å²) in [7, 11) is 0. The van der Waals surface area contributed by atoms with Gasteiger partial charge in [-0.15, -0.1) is 11.3 Å². The summed E-state index contributed by atoms with van der Waals surface area (Å²) in [6, 6.07) is 5.46. The molecule has 3 heterocycles. The molecule has 1 saturated heterocycles. The van der Waals surface area contributed by atoms with Crippen molar-refractivity contribution in [2.75, 3.05) is 6.61 Å². The summed E-state index contributed by atoms with van der Waals surface area (Å²) < 4.78 is 8.66. The van der Waals surface area contributed by atoms with Crippen LogP contribution in [0.3, 0.4) is 0 Å². The maximum absolute atomic E-state index is 12.4. The van der Waals surface area contributed by atoms with Gasteiger partial charge in [-0.2, -0.15) is 0 Å². The number of halogens is 1. The maximum Gasteiger partial charge on any atom is 0.279 e. The Morgan fingerprint density at radius 3 is 3.08 bits per heavy atom. The number of carbonyl (C=O) groups is 1. The second-order valence-electron chi connectivity index (χ2n) is 5.72. The molecule has 5 nitrogen and oxygen atoms in total. The highest BCUT2D eigenvalue weighted by Gasteiger charge is 2.27. The molecule has 1 unspecified atom stereocenters. The van der Waals surface area contributed by atoms with Crippen LogP contribution in [0, 0.1) is 3.95 Å². The van der Waals surface area contributed by atoms with Gasteiger partial charge < -0.3 is 9.84 Å². The number of fused-ring (bicyclic) bond motifs is 1. The zero-order chi connectivity index (χ0) is 16.8. The number of hydrogen-bond acceptors (Lipinski definition) is 5. The second kappa shape index (κ2) is 6.18. The van der Waals surface area contributed by atoms with E-state index in [1.165, 1.54) is 11.3 Å². The smallest absolute Gasteiger partial charge is 0.279 e. The standard InChI is InChI=1S/C16H13BrN2O3S2/c17-8-3-4-11-10(6-8)12(14(20)18-11)13-15(21)19(16(23)24-13)7-9-2-1-5-22-9/h3-4,6,9,21H,1-2,5,7H2. The van der Waals surface area contributed by atoms with Crippen molar-refractivity contribution in [1.82, 2.24) is 4.57 Å².